The fraction of sp³-hybridized carbons (Fsp3) is 0.150. The molecule has 8 heteroatoms. The van der Waals surface area contributed by atoms with Crippen molar-refractivity contribution in [1.82, 2.24) is 19.9 Å². The Labute approximate surface area is 175 Å². The number of aryl methyl sites for hydroxylation is 1. The van der Waals surface area contributed by atoms with Gasteiger partial charge < -0.3 is 9.88 Å². The highest BCUT2D eigenvalue weighted by Gasteiger charge is 2.20. The van der Waals surface area contributed by atoms with Gasteiger partial charge in [-0.25, -0.2) is 9.97 Å². The van der Waals surface area contributed by atoms with Crippen LogP contribution >= 0.6 is 34.7 Å². The average molecular weight is 429 g/mol. The Balaban J connectivity index is 1.47. The maximum absolute atomic E-state index is 12.7. The molecule has 2 aromatic heterocycles. The van der Waals surface area contributed by atoms with E-state index >= 15 is 0 Å². The summed E-state index contributed by atoms with van der Waals surface area (Å²) < 4.78 is 3.82. The molecule has 0 radical (unpaired) electrons. The van der Waals surface area contributed by atoms with Gasteiger partial charge in [-0.1, -0.05) is 53.7 Å². The van der Waals surface area contributed by atoms with Crippen molar-refractivity contribution in [3.05, 3.63) is 77.3 Å². The topological polar surface area (TPSA) is 59.8 Å². The van der Waals surface area contributed by atoms with Crippen LogP contribution in [-0.2, 0) is 11.8 Å². The van der Waals surface area contributed by atoms with Gasteiger partial charge in [0.05, 0.1) is 16.0 Å². The van der Waals surface area contributed by atoms with E-state index in [0.717, 1.165) is 25.9 Å². The first-order valence-corrected chi connectivity index (χ1v) is 10.8. The smallest absolute Gasteiger partial charge is 0.231 e. The number of amides is 1. The van der Waals surface area contributed by atoms with Crippen LogP contribution in [0.4, 0.5) is 0 Å². The first-order valence-electron chi connectivity index (χ1n) is 8.60. The van der Waals surface area contributed by atoms with Crippen LogP contribution in [0.15, 0.2) is 65.3 Å². The first-order chi connectivity index (χ1) is 13.6. The number of carbonyl (C=O) groups excluding carboxylic acids is 1. The van der Waals surface area contributed by atoms with Crippen molar-refractivity contribution < 1.29 is 4.79 Å². The van der Waals surface area contributed by atoms with Gasteiger partial charge in [0, 0.05) is 24.5 Å². The van der Waals surface area contributed by atoms with Crippen LogP contribution in [-0.4, -0.2) is 26.2 Å². The summed E-state index contributed by atoms with van der Waals surface area (Å²) in [4.78, 5) is 21.6. The molecule has 0 aliphatic rings. The van der Waals surface area contributed by atoms with E-state index in [-0.39, 0.29) is 17.7 Å². The van der Waals surface area contributed by atoms with Crippen molar-refractivity contribution in [3.63, 3.8) is 0 Å². The summed E-state index contributed by atoms with van der Waals surface area (Å²) in [7, 11) is 1.92. The molecular weight excluding hydrogens is 412 g/mol. The number of thioether (sulfide) groups is 1. The average Bonchev–Trinajstić information content (AvgIpc) is 3.30. The summed E-state index contributed by atoms with van der Waals surface area (Å²) in [5.41, 5.74) is 1.85. The number of hydrogen-bond donors (Lipinski definition) is 1. The van der Waals surface area contributed by atoms with Gasteiger partial charge in [0.1, 0.15) is 11.9 Å². The van der Waals surface area contributed by atoms with Crippen LogP contribution in [0.1, 0.15) is 17.4 Å². The van der Waals surface area contributed by atoms with Crippen molar-refractivity contribution in [2.24, 2.45) is 7.05 Å². The summed E-state index contributed by atoms with van der Waals surface area (Å²) in [6.45, 7) is 0. The number of carbonyl (C=O) groups is 1. The summed E-state index contributed by atoms with van der Waals surface area (Å²) in [6.07, 6.45) is 3.61. The van der Waals surface area contributed by atoms with Gasteiger partial charge in [-0.2, -0.15) is 0 Å². The highest BCUT2D eigenvalue weighted by molar-refractivity contribution is 8.01. The van der Waals surface area contributed by atoms with Crippen LogP contribution < -0.4 is 5.32 Å². The number of hydrogen-bond acceptors (Lipinski definition) is 5. The number of nitrogens with zero attached hydrogens (tertiary/aromatic N) is 3. The Morgan fingerprint density at radius 3 is 2.86 bits per heavy atom. The third-order valence-electron chi connectivity index (χ3n) is 4.21. The Morgan fingerprint density at radius 1 is 1.29 bits per heavy atom. The molecule has 142 valence electrons. The number of aromatic nitrogens is 3. The summed E-state index contributed by atoms with van der Waals surface area (Å²) >= 11 is 9.00. The molecular formula is C20H17ClN4OS2. The van der Waals surface area contributed by atoms with Gasteiger partial charge in [-0.3, -0.25) is 4.79 Å². The minimum Gasteiger partial charge on any atom is -0.341 e. The molecule has 0 bridgehead atoms. The van der Waals surface area contributed by atoms with E-state index in [1.165, 1.54) is 11.8 Å². The molecule has 2 aromatic carbocycles. The molecule has 0 saturated heterocycles. The van der Waals surface area contributed by atoms with Gasteiger partial charge in [0.2, 0.25) is 5.91 Å². The number of nitrogens with one attached hydrogen (secondary N) is 1. The number of thiazole rings is 1. The highest BCUT2D eigenvalue weighted by atomic mass is 35.5. The number of imidazole rings is 1. The second-order valence-corrected chi connectivity index (χ2v) is 8.88. The van der Waals surface area contributed by atoms with Crippen LogP contribution in [0.5, 0.6) is 0 Å². The quantitative estimate of drug-likeness (QED) is 0.453. The third kappa shape index (κ3) is 4.22. The molecule has 4 aromatic rings. The fourth-order valence-electron chi connectivity index (χ4n) is 2.87. The van der Waals surface area contributed by atoms with E-state index in [1.807, 2.05) is 66.3 Å². The number of fused-ring (bicyclic) bond motifs is 1. The zero-order chi connectivity index (χ0) is 19.5. The predicted octanol–water partition coefficient (Wildman–Crippen LogP) is 4.68. The van der Waals surface area contributed by atoms with Gasteiger partial charge in [0.15, 0.2) is 4.34 Å². The van der Waals surface area contributed by atoms with Crippen molar-refractivity contribution in [3.8, 4) is 0 Å². The van der Waals surface area contributed by atoms with E-state index < -0.39 is 0 Å². The first kappa shape index (κ1) is 19.0. The number of benzene rings is 2. The van der Waals surface area contributed by atoms with Gasteiger partial charge in [0.25, 0.3) is 0 Å². The molecule has 2 heterocycles. The van der Waals surface area contributed by atoms with Gasteiger partial charge in [-0.05, 0) is 23.8 Å². The van der Waals surface area contributed by atoms with Gasteiger partial charge >= 0.3 is 0 Å². The summed E-state index contributed by atoms with van der Waals surface area (Å²) in [6, 6.07) is 15.2. The zero-order valence-corrected chi connectivity index (χ0v) is 17.4. The number of rotatable bonds is 6. The fourth-order valence-corrected chi connectivity index (χ4v) is 4.90. The van der Waals surface area contributed by atoms with Crippen LogP contribution in [0.25, 0.3) is 10.2 Å². The van der Waals surface area contributed by atoms with Crippen molar-refractivity contribution >= 4 is 50.8 Å². The molecule has 0 fully saturated rings. The largest absolute Gasteiger partial charge is 0.341 e. The molecule has 0 aliphatic carbocycles. The number of halogens is 1. The SMILES string of the molecule is Cn1ccnc1C(NC(=O)CSc1nc2cc(Cl)ccc2s1)c1ccccc1. The van der Waals surface area contributed by atoms with Crippen molar-refractivity contribution in [1.29, 1.82) is 0 Å². The van der Waals surface area contributed by atoms with Crippen molar-refractivity contribution in [2.75, 3.05) is 5.75 Å². The molecule has 0 spiro atoms. The summed E-state index contributed by atoms with van der Waals surface area (Å²) in [5.74, 6) is 1.000. The Bertz CT molecular complexity index is 1110. The van der Waals surface area contributed by atoms with E-state index in [0.29, 0.717) is 5.02 Å². The zero-order valence-electron chi connectivity index (χ0n) is 15.0. The van der Waals surface area contributed by atoms with Crippen LogP contribution in [0.2, 0.25) is 5.02 Å². The standard InChI is InChI=1S/C20H17ClN4OS2/c1-25-10-9-22-19(25)18(13-5-3-2-4-6-13)24-17(26)12-27-20-23-15-11-14(21)7-8-16(15)28-20/h2-11,18H,12H2,1H3,(H,24,26). The maximum Gasteiger partial charge on any atom is 0.231 e. The predicted molar refractivity (Wildman–Crippen MR) is 115 cm³/mol. The highest BCUT2D eigenvalue weighted by Crippen LogP contribution is 2.31. The molecule has 4 rings (SSSR count). The molecule has 1 unspecified atom stereocenters. The Morgan fingerprint density at radius 2 is 2.11 bits per heavy atom. The van der Waals surface area contributed by atoms with Crippen LogP contribution in [0.3, 0.4) is 0 Å². The molecule has 1 N–H and O–H groups in total. The van der Waals surface area contributed by atoms with E-state index in [1.54, 1.807) is 17.5 Å². The minimum atomic E-state index is -0.302. The second kappa shape index (κ2) is 8.34. The Hall–Kier alpha value is -2.35. The molecule has 28 heavy (non-hydrogen) atoms. The lowest BCUT2D eigenvalue weighted by Gasteiger charge is -2.19. The van der Waals surface area contributed by atoms with E-state index in [2.05, 4.69) is 15.3 Å². The summed E-state index contributed by atoms with van der Waals surface area (Å²) in [5, 5.41) is 3.76. The second-order valence-electron chi connectivity index (χ2n) is 6.19. The van der Waals surface area contributed by atoms with Crippen molar-refractivity contribution in [2.45, 2.75) is 10.4 Å². The lowest BCUT2D eigenvalue weighted by atomic mass is 10.1. The lowest BCUT2D eigenvalue weighted by molar-refractivity contribution is -0.119. The molecule has 0 saturated carbocycles. The molecule has 5 nitrogen and oxygen atoms in total. The minimum absolute atomic E-state index is 0.0702. The van der Waals surface area contributed by atoms with Gasteiger partial charge in [-0.15, -0.1) is 11.3 Å². The molecule has 1 amide bonds. The maximum atomic E-state index is 12.7. The molecule has 1 atom stereocenters. The monoisotopic (exact) mass is 428 g/mol. The lowest BCUT2D eigenvalue weighted by Crippen LogP contribution is -2.32. The third-order valence-corrected chi connectivity index (χ3v) is 6.63. The normalized spacial score (nSPS) is 12.2. The Kier molecular flexibility index (Phi) is 5.66. The molecule has 0 aliphatic heterocycles. The van der Waals surface area contributed by atoms with Crippen LogP contribution in [0, 0.1) is 0 Å². The van der Waals surface area contributed by atoms with E-state index in [4.69, 9.17) is 11.6 Å². The van der Waals surface area contributed by atoms with E-state index in [9.17, 15) is 4.79 Å².